The number of carbonyl (C=O) groups is 5. The Morgan fingerprint density at radius 2 is 1.83 bits per heavy atom. The van der Waals surface area contributed by atoms with Gasteiger partial charge in [0.2, 0.25) is 23.4 Å². The van der Waals surface area contributed by atoms with E-state index in [9.17, 15) is 32.4 Å². The third-order valence-corrected chi connectivity index (χ3v) is 5.90. The average Bonchev–Trinajstić information content (AvgIpc) is 2.81. The van der Waals surface area contributed by atoms with E-state index >= 15 is 0 Å². The second kappa shape index (κ2) is 13.0. The van der Waals surface area contributed by atoms with Gasteiger partial charge in [-0.3, -0.25) is 23.7 Å². The molecule has 2 rings (SSSR count). The molecule has 0 saturated carbocycles. The molecule has 1 saturated heterocycles. The number of nitrogens with zero attached hydrogens (tertiary/aromatic N) is 1. The van der Waals surface area contributed by atoms with Crippen molar-refractivity contribution < 1.29 is 46.4 Å². The van der Waals surface area contributed by atoms with E-state index in [0.29, 0.717) is 5.56 Å². The fourth-order valence-corrected chi connectivity index (χ4v) is 3.66. The number of nitrogens with two attached hydrogens (primary N) is 1. The molecule has 36 heavy (non-hydrogen) atoms. The minimum atomic E-state index is -4.83. The van der Waals surface area contributed by atoms with Gasteiger partial charge in [-0.1, -0.05) is 37.3 Å². The number of hydrogen-bond donors (Lipinski definition) is 5. The van der Waals surface area contributed by atoms with Crippen LogP contribution >= 0.6 is 0 Å². The number of methoxy groups -OCH3 is 1. The predicted molar refractivity (Wildman–Crippen MR) is 123 cm³/mol. The van der Waals surface area contributed by atoms with Crippen molar-refractivity contribution in [1.82, 2.24) is 20.3 Å². The molecule has 0 aromatic heterocycles. The molecular formula is C19H26N5NaO10S. The molecule has 0 radical (unpaired) electrons. The molecule has 1 aromatic rings. The first-order valence-corrected chi connectivity index (χ1v) is 11.4. The second-order valence-corrected chi connectivity index (χ2v) is 8.80. The number of hydrogen-bond acceptors (Lipinski definition) is 9. The molecule has 1 heterocycles. The monoisotopic (exact) mass is 539 g/mol. The predicted octanol–water partition coefficient (Wildman–Crippen LogP) is -3.03. The van der Waals surface area contributed by atoms with Crippen molar-refractivity contribution in [2.24, 2.45) is 11.7 Å². The van der Waals surface area contributed by atoms with Crippen molar-refractivity contribution in [3.05, 3.63) is 35.9 Å². The summed E-state index contributed by atoms with van der Waals surface area (Å²) in [6.45, 7) is -0.272. The van der Waals surface area contributed by atoms with Crippen LogP contribution in [0.25, 0.3) is 0 Å². The van der Waals surface area contributed by atoms with Crippen LogP contribution < -0.4 is 21.7 Å². The number of primary amides is 1. The van der Waals surface area contributed by atoms with E-state index in [1.165, 1.54) is 6.92 Å². The molecule has 3 unspecified atom stereocenters. The van der Waals surface area contributed by atoms with Gasteiger partial charge in [-0.2, -0.15) is 8.42 Å². The molecular weight excluding hydrogens is 513 g/mol. The van der Waals surface area contributed by atoms with Crippen LogP contribution in [0.3, 0.4) is 0 Å². The normalized spacial score (nSPS) is 18.5. The van der Waals surface area contributed by atoms with Crippen molar-refractivity contribution in [2.75, 3.05) is 20.2 Å². The van der Waals surface area contributed by atoms with Crippen molar-refractivity contribution in [3.63, 3.8) is 0 Å². The molecule has 0 aliphatic carbocycles. The number of amides is 5. The van der Waals surface area contributed by atoms with Crippen molar-refractivity contribution in [3.8, 4) is 0 Å². The molecule has 1 aliphatic rings. The average molecular weight is 539 g/mol. The summed E-state index contributed by atoms with van der Waals surface area (Å²) < 4.78 is 41.1. The zero-order valence-electron chi connectivity index (χ0n) is 18.7. The number of β-lactam (4-membered cyclic amide) rings is 1. The van der Waals surface area contributed by atoms with E-state index in [4.69, 9.17) is 19.8 Å². The van der Waals surface area contributed by atoms with Gasteiger partial charge < -0.3 is 31.2 Å². The van der Waals surface area contributed by atoms with E-state index in [-0.39, 0.29) is 40.5 Å². The summed E-state index contributed by atoms with van der Waals surface area (Å²) in [6, 6.07) is 7.15. The van der Waals surface area contributed by atoms with Gasteiger partial charge in [-0.15, -0.1) is 0 Å². The fraction of sp³-hybridized carbons (Fsp3) is 0.421. The van der Waals surface area contributed by atoms with Gasteiger partial charge >= 0.3 is 46.0 Å². The Morgan fingerprint density at radius 1 is 1.22 bits per heavy atom. The maximum absolute atomic E-state index is 12.6. The number of alkyl carbamates (subject to hydrolysis) is 1. The van der Waals surface area contributed by atoms with Crippen LogP contribution in [0.4, 0.5) is 4.79 Å². The summed E-state index contributed by atoms with van der Waals surface area (Å²) in [5, 5.41) is 6.50. The SMILES string of the molecule is COC1(NC(=O)CNC(=O)C(NC(=O)OCc2ccccc2)C(C)C(N)=O)CN(S(=O)(=O)O)C1=O.[NaH]. The number of nitrogens with one attached hydrogen (secondary N) is 3. The first-order chi connectivity index (χ1) is 16.3. The van der Waals surface area contributed by atoms with Crippen LogP contribution in [0.15, 0.2) is 30.3 Å². The summed E-state index contributed by atoms with van der Waals surface area (Å²) in [7, 11) is -3.81. The molecule has 5 amide bonds. The van der Waals surface area contributed by atoms with Crippen LogP contribution in [-0.2, 0) is 45.6 Å². The zero-order chi connectivity index (χ0) is 26.4. The third kappa shape index (κ3) is 7.87. The number of ether oxygens (including phenoxy) is 2. The van der Waals surface area contributed by atoms with Crippen LogP contribution in [-0.4, -0.2) is 109 Å². The molecule has 17 heteroatoms. The first-order valence-electron chi connectivity index (χ1n) is 10.0. The molecule has 1 aromatic carbocycles. The molecule has 1 fully saturated rings. The molecule has 1 aliphatic heterocycles. The van der Waals surface area contributed by atoms with E-state index in [0.717, 1.165) is 7.11 Å². The van der Waals surface area contributed by atoms with Crippen molar-refractivity contribution >= 4 is 69.6 Å². The summed E-state index contributed by atoms with van der Waals surface area (Å²) in [4.78, 5) is 60.6. The Labute approximate surface area is 228 Å². The molecule has 6 N–H and O–H groups in total. The van der Waals surface area contributed by atoms with Gasteiger partial charge in [-0.25, -0.2) is 9.10 Å². The first kappa shape index (κ1) is 31.3. The molecule has 0 spiro atoms. The van der Waals surface area contributed by atoms with Crippen LogP contribution in [0.5, 0.6) is 0 Å². The molecule has 194 valence electrons. The number of rotatable bonds is 11. The van der Waals surface area contributed by atoms with Crippen LogP contribution in [0.2, 0.25) is 0 Å². The molecule has 0 bridgehead atoms. The second-order valence-electron chi connectivity index (χ2n) is 7.46. The number of carbonyl (C=O) groups excluding carboxylic acids is 5. The van der Waals surface area contributed by atoms with Gasteiger partial charge in [0.15, 0.2) is 0 Å². The van der Waals surface area contributed by atoms with Gasteiger partial charge in [0.25, 0.3) is 5.91 Å². The maximum atomic E-state index is 12.6. The Morgan fingerprint density at radius 3 is 2.33 bits per heavy atom. The summed E-state index contributed by atoms with van der Waals surface area (Å²) in [6.07, 6.45) is -1.02. The van der Waals surface area contributed by atoms with Gasteiger partial charge in [0.1, 0.15) is 12.6 Å². The van der Waals surface area contributed by atoms with E-state index < -0.39 is 70.8 Å². The van der Waals surface area contributed by atoms with E-state index in [1.807, 2.05) is 0 Å². The standard InChI is InChI=1S/C19H25N5O10S.Na.H/c1-11(15(20)26)14(22-18(29)34-9-12-6-4-3-5-7-12)16(27)21-8-13(25)23-19(33-2)10-24(17(19)28)35(30,31)32;;/h3-7,11,14H,8-10H2,1-2H3,(H2,20,26)(H,21,27)(H,22,29)(H,23,25)(H,30,31,32);;. The number of benzene rings is 1. The fourth-order valence-electron chi connectivity index (χ4n) is 2.95. The Kier molecular flexibility index (Phi) is 11.3. The Bertz CT molecular complexity index is 1100. The summed E-state index contributed by atoms with van der Waals surface area (Å²) >= 11 is 0. The molecule has 3 atom stereocenters. The van der Waals surface area contributed by atoms with Crippen molar-refractivity contribution in [2.45, 2.75) is 25.3 Å². The third-order valence-electron chi connectivity index (χ3n) is 5.05. The topological polar surface area (TPSA) is 224 Å². The van der Waals surface area contributed by atoms with Gasteiger partial charge in [0.05, 0.1) is 19.0 Å². The Balaban J connectivity index is 0.00000648. The van der Waals surface area contributed by atoms with Crippen LogP contribution in [0.1, 0.15) is 12.5 Å². The quantitative estimate of drug-likeness (QED) is 0.0828. The van der Waals surface area contributed by atoms with Gasteiger partial charge in [0, 0.05) is 7.11 Å². The van der Waals surface area contributed by atoms with E-state index in [2.05, 4.69) is 16.0 Å². The van der Waals surface area contributed by atoms with E-state index in [1.54, 1.807) is 30.3 Å². The summed E-state index contributed by atoms with van der Waals surface area (Å²) in [5.74, 6) is -5.29. The molecule has 15 nitrogen and oxygen atoms in total. The zero-order valence-corrected chi connectivity index (χ0v) is 19.5. The van der Waals surface area contributed by atoms with Crippen molar-refractivity contribution in [1.29, 1.82) is 0 Å². The summed E-state index contributed by atoms with van der Waals surface area (Å²) in [5.41, 5.74) is 3.86. The Hall–Kier alpha value is -2.76. The minimum absolute atomic E-state index is 0. The van der Waals surface area contributed by atoms with Gasteiger partial charge in [-0.05, 0) is 5.56 Å². The van der Waals surface area contributed by atoms with Crippen LogP contribution in [0, 0.1) is 5.92 Å².